The predicted molar refractivity (Wildman–Crippen MR) is 98.6 cm³/mol. The van der Waals surface area contributed by atoms with Crippen LogP contribution in [0, 0.1) is 22.2 Å². The van der Waals surface area contributed by atoms with Gasteiger partial charge in [0.15, 0.2) is 0 Å². The molecule has 2 saturated carbocycles. The second kappa shape index (κ2) is 6.74. The van der Waals surface area contributed by atoms with E-state index in [0.717, 1.165) is 12.8 Å². The summed E-state index contributed by atoms with van der Waals surface area (Å²) in [6.45, 7) is 13.0. The Balaban J connectivity index is 1.98. The third-order valence-electron chi connectivity index (χ3n) is 6.83. The lowest BCUT2D eigenvalue weighted by Gasteiger charge is -2.37. The Morgan fingerprint density at radius 1 is 1.19 bits per heavy atom. The largest absolute Gasteiger partial charge is 0.459 e. The van der Waals surface area contributed by atoms with Crippen molar-refractivity contribution in [3.05, 3.63) is 0 Å². The fourth-order valence-electron chi connectivity index (χ4n) is 4.57. The molecular formula is C21H34O5. The van der Waals surface area contributed by atoms with Gasteiger partial charge in [0.2, 0.25) is 0 Å². The molecule has 0 heterocycles. The van der Waals surface area contributed by atoms with Crippen LogP contribution in [0.25, 0.3) is 0 Å². The molecule has 2 bridgehead atoms. The third kappa shape index (κ3) is 3.47. The fraction of sp³-hybridized carbons (Fsp3) is 0.857. The van der Waals surface area contributed by atoms with Crippen molar-refractivity contribution < 1.29 is 23.9 Å². The molecule has 0 aliphatic heterocycles. The lowest BCUT2D eigenvalue weighted by atomic mass is 9.67. The number of ether oxygens (including phenoxy) is 2. The summed E-state index contributed by atoms with van der Waals surface area (Å²) in [6.07, 6.45) is 3.35. The van der Waals surface area contributed by atoms with Crippen LogP contribution in [0.5, 0.6) is 0 Å². The van der Waals surface area contributed by atoms with Crippen molar-refractivity contribution in [2.45, 2.75) is 79.8 Å². The van der Waals surface area contributed by atoms with Crippen molar-refractivity contribution in [2.75, 3.05) is 13.2 Å². The number of esters is 1. The lowest BCUT2D eigenvalue weighted by molar-refractivity contribution is -0.173. The van der Waals surface area contributed by atoms with Gasteiger partial charge >= 0.3 is 5.97 Å². The summed E-state index contributed by atoms with van der Waals surface area (Å²) in [5.41, 5.74) is -2.29. The molecule has 2 aliphatic rings. The Kier molecular flexibility index (Phi) is 5.46. The van der Waals surface area contributed by atoms with Gasteiger partial charge in [0.1, 0.15) is 22.6 Å². The normalized spacial score (nSPS) is 29.5. The number of hydrogen-bond donors (Lipinski definition) is 0. The Morgan fingerprint density at radius 2 is 1.81 bits per heavy atom. The van der Waals surface area contributed by atoms with E-state index < -0.39 is 17.0 Å². The topological polar surface area (TPSA) is 69.7 Å². The van der Waals surface area contributed by atoms with Crippen LogP contribution >= 0.6 is 0 Å². The fourth-order valence-corrected chi connectivity index (χ4v) is 4.57. The molecule has 5 heteroatoms. The van der Waals surface area contributed by atoms with Gasteiger partial charge in [0.05, 0.1) is 6.61 Å². The van der Waals surface area contributed by atoms with Gasteiger partial charge in [-0.15, -0.1) is 0 Å². The summed E-state index contributed by atoms with van der Waals surface area (Å²) < 4.78 is 11.2. The maximum Gasteiger partial charge on any atom is 0.322 e. The summed E-state index contributed by atoms with van der Waals surface area (Å²) >= 11 is 0. The summed E-state index contributed by atoms with van der Waals surface area (Å²) in [4.78, 5) is 37.1. The minimum absolute atomic E-state index is 0.00247. The zero-order valence-electron chi connectivity index (χ0n) is 17.4. The Hall–Kier alpha value is -1.23. The molecule has 0 saturated heterocycles. The molecule has 148 valence electrons. The molecule has 0 spiro atoms. The van der Waals surface area contributed by atoms with Crippen molar-refractivity contribution >= 4 is 17.5 Å². The van der Waals surface area contributed by atoms with E-state index in [1.807, 2.05) is 0 Å². The van der Waals surface area contributed by atoms with Crippen LogP contribution < -0.4 is 0 Å². The maximum absolute atomic E-state index is 12.6. The first-order valence-electron chi connectivity index (χ1n) is 9.62. The number of Topliss-reactive ketones (excluding diaryl/α,β-unsaturated/α-hetero) is 2. The summed E-state index contributed by atoms with van der Waals surface area (Å²) in [7, 11) is 0. The number of fused-ring (bicyclic) bond motifs is 2. The van der Waals surface area contributed by atoms with Crippen LogP contribution in [0.3, 0.4) is 0 Å². The van der Waals surface area contributed by atoms with E-state index in [9.17, 15) is 14.4 Å². The molecule has 2 rings (SSSR count). The monoisotopic (exact) mass is 366 g/mol. The zero-order chi connectivity index (χ0) is 20.0. The summed E-state index contributed by atoms with van der Waals surface area (Å²) in [5.74, 6) is -0.0138. The van der Waals surface area contributed by atoms with Crippen LogP contribution in [-0.2, 0) is 23.9 Å². The van der Waals surface area contributed by atoms with Gasteiger partial charge in [0.25, 0.3) is 0 Å². The summed E-state index contributed by atoms with van der Waals surface area (Å²) in [6, 6.07) is 0. The molecular weight excluding hydrogens is 332 g/mol. The molecule has 0 amide bonds. The molecule has 3 unspecified atom stereocenters. The number of hydrogen-bond acceptors (Lipinski definition) is 5. The van der Waals surface area contributed by atoms with Crippen LogP contribution in [0.2, 0.25) is 0 Å². The highest BCUT2D eigenvalue weighted by atomic mass is 16.6. The van der Waals surface area contributed by atoms with Gasteiger partial charge < -0.3 is 9.47 Å². The number of carbonyl (C=O) groups is 3. The Bertz CT molecular complexity index is 600. The molecule has 0 N–H and O–H groups in total. The van der Waals surface area contributed by atoms with Gasteiger partial charge in [0, 0.05) is 18.4 Å². The van der Waals surface area contributed by atoms with E-state index in [2.05, 4.69) is 13.8 Å². The molecule has 26 heavy (non-hydrogen) atoms. The van der Waals surface area contributed by atoms with Crippen LogP contribution in [-0.4, -0.2) is 36.4 Å². The minimum Gasteiger partial charge on any atom is -0.459 e. The number of rotatable bonds is 7. The molecule has 0 radical (unpaired) electrons. The van der Waals surface area contributed by atoms with Crippen LogP contribution in [0.1, 0.15) is 74.1 Å². The van der Waals surface area contributed by atoms with Crippen LogP contribution in [0.15, 0.2) is 0 Å². The number of carbonyl (C=O) groups excluding carboxylic acids is 3. The highest BCUT2D eigenvalue weighted by Crippen LogP contribution is 2.65. The van der Waals surface area contributed by atoms with Crippen molar-refractivity contribution in [2.24, 2.45) is 22.2 Å². The maximum atomic E-state index is 12.6. The standard InChI is InChI=1S/C21H34O5/c1-14(22)20(7,17(24)26-18(2,3)4)13-25-11-10-21-9-8-15(12-16(21)23)19(21,5)6/h15H,8-13H2,1-7H3. The highest BCUT2D eigenvalue weighted by Gasteiger charge is 2.63. The first kappa shape index (κ1) is 21.1. The summed E-state index contributed by atoms with van der Waals surface area (Å²) in [5, 5.41) is 0. The Morgan fingerprint density at radius 3 is 2.23 bits per heavy atom. The van der Waals surface area contributed by atoms with Crippen molar-refractivity contribution in [1.82, 2.24) is 0 Å². The molecule has 5 nitrogen and oxygen atoms in total. The van der Waals surface area contributed by atoms with E-state index in [4.69, 9.17) is 9.47 Å². The van der Waals surface area contributed by atoms with Crippen molar-refractivity contribution in [3.63, 3.8) is 0 Å². The minimum atomic E-state index is -1.32. The quantitative estimate of drug-likeness (QED) is 0.390. The van der Waals surface area contributed by atoms with E-state index in [-0.39, 0.29) is 23.2 Å². The average molecular weight is 366 g/mol. The van der Waals surface area contributed by atoms with E-state index in [1.165, 1.54) is 6.92 Å². The first-order valence-corrected chi connectivity index (χ1v) is 9.62. The van der Waals surface area contributed by atoms with Crippen LogP contribution in [0.4, 0.5) is 0 Å². The lowest BCUT2D eigenvalue weighted by Crippen LogP contribution is -2.44. The smallest absolute Gasteiger partial charge is 0.322 e. The van der Waals surface area contributed by atoms with E-state index in [0.29, 0.717) is 31.1 Å². The highest BCUT2D eigenvalue weighted by molar-refractivity contribution is 6.02. The molecule has 0 aromatic carbocycles. The molecule has 2 aliphatic carbocycles. The molecule has 0 aromatic rings. The van der Waals surface area contributed by atoms with Crippen molar-refractivity contribution in [1.29, 1.82) is 0 Å². The number of ketones is 2. The second-order valence-corrected chi connectivity index (χ2v) is 9.86. The van der Waals surface area contributed by atoms with E-state index >= 15 is 0 Å². The SMILES string of the molecule is CC(=O)C(C)(COCCC12CCC(CC1=O)C2(C)C)C(=O)OC(C)(C)C. The zero-order valence-corrected chi connectivity index (χ0v) is 17.4. The van der Waals surface area contributed by atoms with Gasteiger partial charge in [-0.25, -0.2) is 0 Å². The van der Waals surface area contributed by atoms with Gasteiger partial charge in [-0.1, -0.05) is 13.8 Å². The van der Waals surface area contributed by atoms with Gasteiger partial charge in [-0.05, 0) is 65.2 Å². The third-order valence-corrected chi connectivity index (χ3v) is 6.83. The first-order chi connectivity index (χ1) is 11.8. The molecule has 3 atom stereocenters. The average Bonchev–Trinajstić information content (AvgIpc) is 2.83. The molecule has 0 aromatic heterocycles. The van der Waals surface area contributed by atoms with Gasteiger partial charge in [-0.3, -0.25) is 14.4 Å². The predicted octanol–water partition coefficient (Wildman–Crippen LogP) is 3.73. The molecule has 2 fully saturated rings. The van der Waals surface area contributed by atoms with Gasteiger partial charge in [-0.2, -0.15) is 0 Å². The Labute approximate surface area is 157 Å². The van der Waals surface area contributed by atoms with E-state index in [1.54, 1.807) is 27.7 Å². The van der Waals surface area contributed by atoms with Crippen molar-refractivity contribution in [3.8, 4) is 0 Å². The second-order valence-electron chi connectivity index (χ2n) is 9.86.